The molecule has 0 radical (unpaired) electrons. The highest BCUT2D eigenvalue weighted by Gasteiger charge is 2.31. The van der Waals surface area contributed by atoms with Crippen molar-refractivity contribution in [2.45, 2.75) is 52.6 Å². The summed E-state index contributed by atoms with van der Waals surface area (Å²) < 4.78 is 17.9. The quantitative estimate of drug-likeness (QED) is 0.223. The fourth-order valence-electron chi connectivity index (χ4n) is 4.93. The molecular formula is C35H39N3O4. The van der Waals surface area contributed by atoms with E-state index in [0.717, 1.165) is 41.0 Å². The van der Waals surface area contributed by atoms with Crippen molar-refractivity contribution >= 4 is 11.8 Å². The second-order valence-corrected chi connectivity index (χ2v) is 11.6. The molecule has 1 aliphatic heterocycles. The van der Waals surface area contributed by atoms with E-state index in [-0.39, 0.29) is 12.1 Å². The van der Waals surface area contributed by atoms with Crippen LogP contribution in [0.4, 0.5) is 10.5 Å². The van der Waals surface area contributed by atoms with Crippen LogP contribution in [0.5, 0.6) is 11.8 Å². The van der Waals surface area contributed by atoms with Crippen molar-refractivity contribution in [3.63, 3.8) is 0 Å². The van der Waals surface area contributed by atoms with E-state index in [1.54, 1.807) is 0 Å². The van der Waals surface area contributed by atoms with Crippen molar-refractivity contribution in [2.24, 2.45) is 0 Å². The van der Waals surface area contributed by atoms with E-state index in [9.17, 15) is 4.79 Å². The van der Waals surface area contributed by atoms with Crippen LogP contribution in [0.3, 0.4) is 0 Å². The fraction of sp³-hybridized carbons (Fsp3) is 0.314. The summed E-state index contributed by atoms with van der Waals surface area (Å²) in [5.41, 5.74) is 4.64. The zero-order chi connectivity index (χ0) is 29.5. The van der Waals surface area contributed by atoms with Gasteiger partial charge in [0.25, 0.3) is 0 Å². The van der Waals surface area contributed by atoms with Gasteiger partial charge in [0.05, 0.1) is 0 Å². The Morgan fingerprint density at radius 1 is 0.810 bits per heavy atom. The molecule has 1 amide bonds. The highest BCUT2D eigenvalue weighted by atomic mass is 16.6. The van der Waals surface area contributed by atoms with Gasteiger partial charge in [-0.3, -0.25) is 0 Å². The number of pyridine rings is 1. The summed E-state index contributed by atoms with van der Waals surface area (Å²) in [4.78, 5) is 21.5. The van der Waals surface area contributed by atoms with E-state index < -0.39 is 5.60 Å². The lowest BCUT2D eigenvalue weighted by atomic mass is 10.1. The third-order valence-corrected chi connectivity index (χ3v) is 7.08. The lowest BCUT2D eigenvalue weighted by molar-refractivity contribution is 0.0159. The number of hydrogen-bond donors (Lipinski definition) is 0. The molecule has 1 aromatic heterocycles. The molecule has 7 heteroatoms. The lowest BCUT2D eigenvalue weighted by Gasteiger charge is -2.41. The first-order chi connectivity index (χ1) is 20.2. The van der Waals surface area contributed by atoms with Crippen molar-refractivity contribution in [1.29, 1.82) is 0 Å². The average molecular weight is 566 g/mol. The molecule has 1 atom stereocenters. The molecule has 1 fully saturated rings. The van der Waals surface area contributed by atoms with Gasteiger partial charge in [0.1, 0.15) is 18.8 Å². The molecular weight excluding hydrogens is 526 g/mol. The zero-order valence-electron chi connectivity index (χ0n) is 24.8. The Morgan fingerprint density at radius 3 is 2.02 bits per heavy atom. The lowest BCUT2D eigenvalue weighted by Crippen LogP contribution is -2.55. The van der Waals surface area contributed by atoms with Gasteiger partial charge in [-0.15, -0.1) is 0 Å². The molecule has 1 aliphatic rings. The number of benzene rings is 3. The predicted octanol–water partition coefficient (Wildman–Crippen LogP) is 7.35. The highest BCUT2D eigenvalue weighted by Crippen LogP contribution is 2.33. The minimum atomic E-state index is -0.505. The molecule has 0 saturated carbocycles. The van der Waals surface area contributed by atoms with E-state index in [1.165, 1.54) is 0 Å². The molecule has 3 aromatic carbocycles. The molecule has 218 valence electrons. The number of carbonyl (C=O) groups excluding carboxylic acids is 1. The number of hydrogen-bond acceptors (Lipinski definition) is 6. The van der Waals surface area contributed by atoms with Gasteiger partial charge in [0.2, 0.25) is 11.8 Å². The number of carbonyl (C=O) groups is 1. The van der Waals surface area contributed by atoms with Crippen LogP contribution in [-0.2, 0) is 18.0 Å². The molecule has 0 bridgehead atoms. The molecule has 0 unspecified atom stereocenters. The van der Waals surface area contributed by atoms with Gasteiger partial charge in [-0.25, -0.2) is 4.79 Å². The Bertz CT molecular complexity index is 1450. The van der Waals surface area contributed by atoms with E-state index in [2.05, 4.69) is 36.1 Å². The van der Waals surface area contributed by atoms with Crippen LogP contribution in [0.25, 0.3) is 11.1 Å². The van der Waals surface area contributed by atoms with Crippen molar-refractivity contribution in [2.75, 3.05) is 24.5 Å². The molecule has 5 rings (SSSR count). The van der Waals surface area contributed by atoms with Crippen LogP contribution in [0.1, 0.15) is 38.8 Å². The number of piperazine rings is 1. The molecule has 1 saturated heterocycles. The van der Waals surface area contributed by atoms with Crippen molar-refractivity contribution < 1.29 is 19.0 Å². The first-order valence-electron chi connectivity index (χ1n) is 14.4. The monoisotopic (exact) mass is 565 g/mol. The fourth-order valence-corrected chi connectivity index (χ4v) is 4.93. The van der Waals surface area contributed by atoms with Gasteiger partial charge in [0.15, 0.2) is 0 Å². The summed E-state index contributed by atoms with van der Waals surface area (Å²) in [6.07, 6.45) is -0.253. The number of ether oxygens (including phenoxy) is 3. The Kier molecular flexibility index (Phi) is 8.96. The summed E-state index contributed by atoms with van der Waals surface area (Å²) in [6.45, 7) is 10.7. The minimum absolute atomic E-state index is 0.0406. The van der Waals surface area contributed by atoms with Crippen LogP contribution in [0.15, 0.2) is 97.1 Å². The maximum Gasteiger partial charge on any atom is 0.410 e. The van der Waals surface area contributed by atoms with E-state index >= 15 is 0 Å². The van der Waals surface area contributed by atoms with Gasteiger partial charge in [-0.05, 0) is 62.6 Å². The summed E-state index contributed by atoms with van der Waals surface area (Å²) in [5.74, 6) is 1.04. The number of amides is 1. The van der Waals surface area contributed by atoms with E-state index in [0.29, 0.717) is 31.5 Å². The molecule has 2 heterocycles. The van der Waals surface area contributed by atoms with Crippen molar-refractivity contribution in [1.82, 2.24) is 9.88 Å². The summed E-state index contributed by atoms with van der Waals surface area (Å²) in [7, 11) is 0. The molecule has 4 aromatic rings. The van der Waals surface area contributed by atoms with Gasteiger partial charge in [0, 0.05) is 43.0 Å². The Labute approximate surface area is 248 Å². The highest BCUT2D eigenvalue weighted by molar-refractivity contribution is 5.72. The van der Waals surface area contributed by atoms with Crippen LogP contribution >= 0.6 is 0 Å². The third-order valence-electron chi connectivity index (χ3n) is 7.08. The zero-order valence-corrected chi connectivity index (χ0v) is 24.8. The van der Waals surface area contributed by atoms with Gasteiger partial charge in [-0.1, -0.05) is 72.8 Å². The van der Waals surface area contributed by atoms with E-state index in [1.807, 2.05) is 98.5 Å². The Morgan fingerprint density at radius 2 is 1.43 bits per heavy atom. The van der Waals surface area contributed by atoms with Crippen LogP contribution in [0, 0.1) is 0 Å². The van der Waals surface area contributed by atoms with Crippen LogP contribution in [-0.4, -0.2) is 47.3 Å². The second-order valence-electron chi connectivity index (χ2n) is 11.6. The van der Waals surface area contributed by atoms with Gasteiger partial charge < -0.3 is 24.0 Å². The Hall–Kier alpha value is -4.52. The third kappa shape index (κ3) is 7.60. The summed E-state index contributed by atoms with van der Waals surface area (Å²) in [6, 6.07) is 32.5. The largest absolute Gasteiger partial charge is 0.473 e. The molecule has 0 N–H and O–H groups in total. The average Bonchev–Trinajstić information content (AvgIpc) is 2.99. The summed E-state index contributed by atoms with van der Waals surface area (Å²) >= 11 is 0. The van der Waals surface area contributed by atoms with Gasteiger partial charge in [-0.2, -0.15) is 4.98 Å². The van der Waals surface area contributed by atoms with Crippen LogP contribution < -0.4 is 14.4 Å². The topological polar surface area (TPSA) is 64.1 Å². The smallest absolute Gasteiger partial charge is 0.410 e. The number of anilines is 1. The molecule has 0 aliphatic carbocycles. The van der Waals surface area contributed by atoms with Crippen LogP contribution in [0.2, 0.25) is 0 Å². The SMILES string of the molecule is C[C@H]1CN(c2ccc(-c3ccc(OCc4ccccc4)nc3OCc3ccccc3)cc2)CCN1C(=O)OC(C)(C)C. The molecule has 42 heavy (non-hydrogen) atoms. The molecule has 7 nitrogen and oxygen atoms in total. The molecule has 0 spiro atoms. The maximum absolute atomic E-state index is 12.6. The van der Waals surface area contributed by atoms with Crippen molar-refractivity contribution in [3.05, 3.63) is 108 Å². The van der Waals surface area contributed by atoms with E-state index in [4.69, 9.17) is 19.2 Å². The Balaban J connectivity index is 1.30. The standard InChI is InChI=1S/C35H39N3O4/c1-26-23-37(21-22-38(26)34(39)42-35(2,3)4)30-17-15-29(16-18-30)31-19-20-32(40-24-27-11-7-5-8-12-27)36-33(31)41-25-28-13-9-6-10-14-28/h5-20,26H,21-25H2,1-4H3/t26-/m0/s1. The second kappa shape index (κ2) is 13.0. The first-order valence-corrected chi connectivity index (χ1v) is 14.4. The van der Waals surface area contributed by atoms with Gasteiger partial charge >= 0.3 is 6.09 Å². The number of aromatic nitrogens is 1. The summed E-state index contributed by atoms with van der Waals surface area (Å²) in [5, 5.41) is 0. The number of nitrogens with zero attached hydrogens (tertiary/aromatic N) is 3. The normalized spacial score (nSPS) is 15.3. The minimum Gasteiger partial charge on any atom is -0.473 e. The van der Waals surface area contributed by atoms with Crippen molar-refractivity contribution in [3.8, 4) is 22.9 Å². The first kappa shape index (κ1) is 29.0. The predicted molar refractivity (Wildman–Crippen MR) is 166 cm³/mol. The number of rotatable bonds is 8. The maximum atomic E-state index is 12.6.